The zero-order chi connectivity index (χ0) is 15.5. The van der Waals surface area contributed by atoms with Gasteiger partial charge in [0.25, 0.3) is 10.2 Å². The average Bonchev–Trinajstić information content (AvgIpc) is 2.88. The van der Waals surface area contributed by atoms with E-state index in [-0.39, 0.29) is 12.2 Å². The second kappa shape index (κ2) is 6.82. The quantitative estimate of drug-likeness (QED) is 0.807. The van der Waals surface area contributed by atoms with Crippen molar-refractivity contribution in [2.24, 2.45) is 5.92 Å². The predicted molar refractivity (Wildman–Crippen MR) is 79.7 cm³/mol. The van der Waals surface area contributed by atoms with Crippen molar-refractivity contribution in [2.45, 2.75) is 26.2 Å². The van der Waals surface area contributed by atoms with Crippen LogP contribution in [-0.4, -0.2) is 48.4 Å². The highest BCUT2D eigenvalue weighted by molar-refractivity contribution is 7.87. The summed E-state index contributed by atoms with van der Waals surface area (Å²) < 4.78 is 28.2. The Morgan fingerprint density at radius 1 is 1.52 bits per heavy atom. The molecule has 1 aromatic heterocycles. The monoisotopic (exact) mass is 333 g/mol. The molecule has 0 bridgehead atoms. The molecular weight excluding hydrogens is 314 g/mol. The molecule has 0 amide bonds. The van der Waals surface area contributed by atoms with Crippen molar-refractivity contribution in [2.75, 3.05) is 19.6 Å². The van der Waals surface area contributed by atoms with Crippen molar-refractivity contribution in [3.63, 3.8) is 0 Å². The van der Waals surface area contributed by atoms with Crippen molar-refractivity contribution < 1.29 is 18.3 Å². The van der Waals surface area contributed by atoms with Gasteiger partial charge in [-0.15, -0.1) is 11.3 Å². The fraction of sp³-hybridized carbons (Fsp3) is 0.667. The van der Waals surface area contributed by atoms with E-state index in [0.29, 0.717) is 30.4 Å². The molecule has 7 nitrogen and oxygen atoms in total. The largest absolute Gasteiger partial charge is 0.476 e. The number of aromatic nitrogens is 1. The number of piperidine rings is 1. The van der Waals surface area contributed by atoms with Crippen molar-refractivity contribution in [1.29, 1.82) is 0 Å². The molecule has 1 saturated heterocycles. The molecule has 0 unspecified atom stereocenters. The van der Waals surface area contributed by atoms with Gasteiger partial charge in [0.2, 0.25) is 0 Å². The first-order chi connectivity index (χ1) is 9.88. The van der Waals surface area contributed by atoms with Crippen LogP contribution in [0.1, 0.15) is 35.3 Å². The number of hydrogen-bond donors (Lipinski definition) is 2. The number of thiazole rings is 1. The summed E-state index contributed by atoms with van der Waals surface area (Å²) in [7, 11) is -3.44. The van der Waals surface area contributed by atoms with Gasteiger partial charge in [-0.2, -0.15) is 12.7 Å². The third kappa shape index (κ3) is 4.47. The molecule has 2 N–H and O–H groups in total. The number of hydrogen-bond acceptors (Lipinski definition) is 5. The summed E-state index contributed by atoms with van der Waals surface area (Å²) in [5.74, 6) is -0.498. The Kier molecular flexibility index (Phi) is 5.31. The van der Waals surface area contributed by atoms with Crippen LogP contribution in [0.2, 0.25) is 0 Å². The number of carboxylic acids is 1. The summed E-state index contributed by atoms with van der Waals surface area (Å²) in [6.07, 6.45) is 2.16. The van der Waals surface area contributed by atoms with Crippen LogP contribution in [0.25, 0.3) is 0 Å². The Labute approximate surface area is 128 Å². The molecule has 1 aliphatic heterocycles. The third-order valence-electron chi connectivity index (χ3n) is 3.48. The minimum atomic E-state index is -3.44. The van der Waals surface area contributed by atoms with Crippen molar-refractivity contribution in [1.82, 2.24) is 14.0 Å². The summed E-state index contributed by atoms with van der Waals surface area (Å²) in [6, 6.07) is 0. The zero-order valence-electron chi connectivity index (χ0n) is 11.8. The lowest BCUT2D eigenvalue weighted by Gasteiger charge is -2.29. The maximum Gasteiger partial charge on any atom is 0.355 e. The fourth-order valence-electron chi connectivity index (χ4n) is 2.13. The Balaban J connectivity index is 1.82. The van der Waals surface area contributed by atoms with Crippen LogP contribution in [0.5, 0.6) is 0 Å². The molecule has 2 heterocycles. The van der Waals surface area contributed by atoms with Gasteiger partial charge in [-0.3, -0.25) is 0 Å². The standard InChI is InChI=1S/C12H19N3O4S2/c1-9-3-6-15(7-4-9)21(18,19)13-5-2-11-14-10(8-20-11)12(16)17/h8-9,13H,2-7H2,1H3,(H,16,17). The molecule has 0 aliphatic carbocycles. The number of rotatable bonds is 6. The van der Waals surface area contributed by atoms with E-state index in [4.69, 9.17) is 5.11 Å². The summed E-state index contributed by atoms with van der Waals surface area (Å²) in [5.41, 5.74) is 0.00266. The highest BCUT2D eigenvalue weighted by Crippen LogP contribution is 2.18. The second-order valence-electron chi connectivity index (χ2n) is 5.16. The fourth-order valence-corrected chi connectivity index (χ4v) is 4.13. The lowest BCUT2D eigenvalue weighted by Crippen LogP contribution is -2.45. The lowest BCUT2D eigenvalue weighted by molar-refractivity contribution is 0.0691. The predicted octanol–water partition coefficient (Wildman–Crippen LogP) is 0.950. The van der Waals surface area contributed by atoms with Gasteiger partial charge in [-0.1, -0.05) is 6.92 Å². The van der Waals surface area contributed by atoms with E-state index in [1.165, 1.54) is 21.0 Å². The molecule has 9 heteroatoms. The summed E-state index contributed by atoms with van der Waals surface area (Å²) >= 11 is 1.22. The highest BCUT2D eigenvalue weighted by Gasteiger charge is 2.25. The van der Waals surface area contributed by atoms with Crippen LogP contribution >= 0.6 is 11.3 Å². The molecule has 0 spiro atoms. The number of nitrogens with one attached hydrogen (secondary N) is 1. The maximum absolute atomic E-state index is 12.1. The number of nitrogens with zero attached hydrogens (tertiary/aromatic N) is 2. The molecule has 0 saturated carbocycles. The third-order valence-corrected chi connectivity index (χ3v) is 6.00. The van der Waals surface area contributed by atoms with Crippen molar-refractivity contribution >= 4 is 27.5 Å². The number of carboxylic acid groups (broad SMARTS) is 1. The molecule has 1 aromatic rings. The van der Waals surface area contributed by atoms with E-state index in [2.05, 4.69) is 16.6 Å². The highest BCUT2D eigenvalue weighted by atomic mass is 32.2. The number of aromatic carboxylic acids is 1. The van der Waals surface area contributed by atoms with E-state index >= 15 is 0 Å². The molecule has 0 radical (unpaired) electrons. The second-order valence-corrected chi connectivity index (χ2v) is 7.86. The van der Waals surface area contributed by atoms with Gasteiger partial charge >= 0.3 is 5.97 Å². The Bertz CT molecular complexity index is 591. The molecule has 1 aliphatic rings. The Morgan fingerprint density at radius 2 is 2.19 bits per heavy atom. The molecular formula is C12H19N3O4S2. The first-order valence-electron chi connectivity index (χ1n) is 6.81. The van der Waals surface area contributed by atoms with Gasteiger partial charge in [0.05, 0.1) is 5.01 Å². The maximum atomic E-state index is 12.1. The normalized spacial score (nSPS) is 18.0. The first kappa shape index (κ1) is 16.3. The van der Waals surface area contributed by atoms with Gasteiger partial charge in [0.1, 0.15) is 0 Å². The van der Waals surface area contributed by atoms with Crippen LogP contribution in [0.4, 0.5) is 0 Å². The molecule has 0 aromatic carbocycles. The minimum Gasteiger partial charge on any atom is -0.476 e. The van der Waals surface area contributed by atoms with Gasteiger partial charge in [0, 0.05) is 31.4 Å². The van der Waals surface area contributed by atoms with E-state index in [1.807, 2.05) is 0 Å². The van der Waals surface area contributed by atoms with Crippen molar-refractivity contribution in [3.05, 3.63) is 16.1 Å². The smallest absolute Gasteiger partial charge is 0.355 e. The topological polar surface area (TPSA) is 99.6 Å². The summed E-state index contributed by atoms with van der Waals surface area (Å²) in [6.45, 7) is 3.45. The molecule has 21 heavy (non-hydrogen) atoms. The summed E-state index contributed by atoms with van der Waals surface area (Å²) in [4.78, 5) is 14.6. The van der Waals surface area contributed by atoms with Crippen LogP contribution in [0.15, 0.2) is 5.38 Å². The van der Waals surface area contributed by atoms with Gasteiger partial charge in [0.15, 0.2) is 5.69 Å². The zero-order valence-corrected chi connectivity index (χ0v) is 13.4. The van der Waals surface area contributed by atoms with E-state index < -0.39 is 16.2 Å². The van der Waals surface area contributed by atoms with Crippen molar-refractivity contribution in [3.8, 4) is 0 Å². The van der Waals surface area contributed by atoms with Crippen LogP contribution in [-0.2, 0) is 16.6 Å². The average molecular weight is 333 g/mol. The van der Waals surface area contributed by atoms with Gasteiger partial charge in [-0.05, 0) is 18.8 Å². The van der Waals surface area contributed by atoms with E-state index in [9.17, 15) is 13.2 Å². The van der Waals surface area contributed by atoms with E-state index in [1.54, 1.807) is 0 Å². The molecule has 1 fully saturated rings. The molecule has 2 rings (SSSR count). The minimum absolute atomic E-state index is 0.00266. The van der Waals surface area contributed by atoms with Gasteiger partial charge < -0.3 is 5.11 Å². The molecule has 118 valence electrons. The summed E-state index contributed by atoms with van der Waals surface area (Å²) in [5, 5.41) is 10.8. The van der Waals surface area contributed by atoms with Crippen LogP contribution in [0, 0.1) is 5.92 Å². The first-order valence-corrected chi connectivity index (χ1v) is 9.13. The number of carbonyl (C=O) groups is 1. The Morgan fingerprint density at radius 3 is 2.76 bits per heavy atom. The van der Waals surface area contributed by atoms with E-state index in [0.717, 1.165) is 12.8 Å². The van der Waals surface area contributed by atoms with Gasteiger partial charge in [-0.25, -0.2) is 14.5 Å². The van der Waals surface area contributed by atoms with Crippen LogP contribution < -0.4 is 4.72 Å². The van der Waals surface area contributed by atoms with Crippen LogP contribution in [0.3, 0.4) is 0 Å². The lowest BCUT2D eigenvalue weighted by atomic mass is 10.0. The Hall–Kier alpha value is -1.03. The SMILES string of the molecule is CC1CCN(S(=O)(=O)NCCc2nc(C(=O)O)cs2)CC1. The molecule has 0 atom stereocenters.